The lowest BCUT2D eigenvalue weighted by Crippen LogP contribution is -2.30. The zero-order valence-electron chi connectivity index (χ0n) is 6.88. The Bertz CT molecular complexity index is 93.4. The van der Waals surface area contributed by atoms with Crippen molar-refractivity contribution in [3.05, 3.63) is 0 Å². The first-order valence-corrected chi connectivity index (χ1v) is 4.14. The standard InChI is InChI=1S/C8H17NO/c1-3-9-5-4-8(6-10)7(9)2/h7-8,10H,3-6H2,1-2H3. The molecule has 60 valence electrons. The van der Waals surface area contributed by atoms with Gasteiger partial charge in [0.05, 0.1) is 0 Å². The van der Waals surface area contributed by atoms with Crippen LogP contribution in [0.1, 0.15) is 20.3 Å². The monoisotopic (exact) mass is 143 g/mol. The quantitative estimate of drug-likeness (QED) is 0.615. The highest BCUT2D eigenvalue weighted by Crippen LogP contribution is 2.22. The topological polar surface area (TPSA) is 23.5 Å². The summed E-state index contributed by atoms with van der Waals surface area (Å²) in [4.78, 5) is 2.42. The predicted octanol–water partition coefficient (Wildman–Crippen LogP) is 0.709. The summed E-state index contributed by atoms with van der Waals surface area (Å²) in [5.41, 5.74) is 0. The van der Waals surface area contributed by atoms with Gasteiger partial charge in [-0.1, -0.05) is 6.92 Å². The van der Waals surface area contributed by atoms with Gasteiger partial charge in [-0.2, -0.15) is 0 Å². The summed E-state index contributed by atoms with van der Waals surface area (Å²) in [6.45, 7) is 7.03. The van der Waals surface area contributed by atoms with Crippen molar-refractivity contribution in [1.82, 2.24) is 4.90 Å². The van der Waals surface area contributed by atoms with Crippen LogP contribution in [-0.4, -0.2) is 35.7 Å². The van der Waals surface area contributed by atoms with E-state index in [-0.39, 0.29) is 0 Å². The van der Waals surface area contributed by atoms with Crippen LogP contribution in [0.5, 0.6) is 0 Å². The fourth-order valence-corrected chi connectivity index (χ4v) is 1.76. The van der Waals surface area contributed by atoms with Gasteiger partial charge in [-0.05, 0) is 32.4 Å². The largest absolute Gasteiger partial charge is 0.396 e. The first-order chi connectivity index (χ1) is 4.79. The van der Waals surface area contributed by atoms with E-state index in [1.807, 2.05) is 0 Å². The van der Waals surface area contributed by atoms with Gasteiger partial charge in [0.1, 0.15) is 0 Å². The van der Waals surface area contributed by atoms with Crippen LogP contribution < -0.4 is 0 Å². The fourth-order valence-electron chi connectivity index (χ4n) is 1.76. The lowest BCUT2D eigenvalue weighted by Gasteiger charge is -2.21. The summed E-state index contributed by atoms with van der Waals surface area (Å²) < 4.78 is 0. The van der Waals surface area contributed by atoms with Gasteiger partial charge < -0.3 is 10.0 Å². The molecule has 1 saturated heterocycles. The van der Waals surface area contributed by atoms with Gasteiger partial charge in [-0.3, -0.25) is 0 Å². The highest BCUT2D eigenvalue weighted by molar-refractivity contribution is 4.82. The molecule has 1 aliphatic rings. The van der Waals surface area contributed by atoms with Crippen molar-refractivity contribution in [2.75, 3.05) is 19.7 Å². The van der Waals surface area contributed by atoms with E-state index in [9.17, 15) is 0 Å². The second-order valence-electron chi connectivity index (χ2n) is 3.10. The molecule has 1 fully saturated rings. The zero-order chi connectivity index (χ0) is 7.56. The van der Waals surface area contributed by atoms with E-state index in [1.165, 1.54) is 13.0 Å². The summed E-state index contributed by atoms with van der Waals surface area (Å²) in [6.07, 6.45) is 1.17. The van der Waals surface area contributed by atoms with Crippen LogP contribution in [0.4, 0.5) is 0 Å². The summed E-state index contributed by atoms with van der Waals surface area (Å²) in [5.74, 6) is 0.528. The number of rotatable bonds is 2. The van der Waals surface area contributed by atoms with Gasteiger partial charge in [0.2, 0.25) is 0 Å². The van der Waals surface area contributed by atoms with Crippen LogP contribution in [0.25, 0.3) is 0 Å². The van der Waals surface area contributed by atoms with Crippen LogP contribution in [-0.2, 0) is 0 Å². The maximum absolute atomic E-state index is 8.92. The fraction of sp³-hybridized carbons (Fsp3) is 1.00. The van der Waals surface area contributed by atoms with E-state index in [1.54, 1.807) is 0 Å². The molecule has 0 saturated carbocycles. The maximum atomic E-state index is 8.92. The average Bonchev–Trinajstić information content (AvgIpc) is 2.30. The summed E-state index contributed by atoms with van der Waals surface area (Å²) in [5, 5.41) is 8.92. The molecule has 2 nitrogen and oxygen atoms in total. The zero-order valence-corrected chi connectivity index (χ0v) is 6.88. The number of hydrogen-bond donors (Lipinski definition) is 1. The van der Waals surface area contributed by atoms with Gasteiger partial charge in [0, 0.05) is 12.6 Å². The van der Waals surface area contributed by atoms with Gasteiger partial charge >= 0.3 is 0 Å². The molecule has 2 unspecified atom stereocenters. The number of aliphatic hydroxyl groups is 1. The second kappa shape index (κ2) is 3.35. The molecule has 0 spiro atoms. The van der Waals surface area contributed by atoms with Gasteiger partial charge in [-0.25, -0.2) is 0 Å². The lowest BCUT2D eigenvalue weighted by molar-refractivity contribution is 0.180. The predicted molar refractivity (Wildman–Crippen MR) is 41.9 cm³/mol. The third kappa shape index (κ3) is 1.32. The van der Waals surface area contributed by atoms with Crippen LogP contribution >= 0.6 is 0 Å². The van der Waals surface area contributed by atoms with Gasteiger partial charge in [0.25, 0.3) is 0 Å². The second-order valence-corrected chi connectivity index (χ2v) is 3.10. The van der Waals surface area contributed by atoms with Crippen molar-refractivity contribution in [3.8, 4) is 0 Å². The van der Waals surface area contributed by atoms with Crippen molar-refractivity contribution in [3.63, 3.8) is 0 Å². The van der Waals surface area contributed by atoms with Crippen molar-refractivity contribution in [2.24, 2.45) is 5.92 Å². The smallest absolute Gasteiger partial charge is 0.0474 e. The van der Waals surface area contributed by atoms with E-state index in [0.717, 1.165) is 6.54 Å². The highest BCUT2D eigenvalue weighted by atomic mass is 16.3. The maximum Gasteiger partial charge on any atom is 0.0474 e. The van der Waals surface area contributed by atoms with Crippen molar-refractivity contribution < 1.29 is 5.11 Å². The molecule has 0 radical (unpaired) electrons. The molecule has 0 aromatic heterocycles. The number of aliphatic hydroxyl groups excluding tert-OH is 1. The minimum absolute atomic E-state index is 0.359. The van der Waals surface area contributed by atoms with Crippen molar-refractivity contribution in [1.29, 1.82) is 0 Å². The molecule has 1 heterocycles. The molecule has 2 heteroatoms. The summed E-state index contributed by atoms with van der Waals surface area (Å²) in [6, 6.07) is 0.593. The Kier molecular flexibility index (Phi) is 2.69. The van der Waals surface area contributed by atoms with E-state index >= 15 is 0 Å². The Morgan fingerprint density at radius 3 is 2.60 bits per heavy atom. The van der Waals surface area contributed by atoms with E-state index in [0.29, 0.717) is 18.6 Å². The first-order valence-electron chi connectivity index (χ1n) is 4.14. The molecule has 0 aliphatic carbocycles. The Morgan fingerprint density at radius 1 is 1.60 bits per heavy atom. The number of nitrogens with zero attached hydrogens (tertiary/aromatic N) is 1. The van der Waals surface area contributed by atoms with E-state index in [2.05, 4.69) is 18.7 Å². The molecular formula is C8H17NO. The van der Waals surface area contributed by atoms with Crippen LogP contribution in [0.2, 0.25) is 0 Å². The van der Waals surface area contributed by atoms with E-state index in [4.69, 9.17) is 5.11 Å². The lowest BCUT2D eigenvalue weighted by atomic mass is 10.0. The van der Waals surface area contributed by atoms with Crippen molar-refractivity contribution in [2.45, 2.75) is 26.3 Å². The Hall–Kier alpha value is -0.0800. The van der Waals surface area contributed by atoms with E-state index < -0.39 is 0 Å². The molecule has 1 rings (SSSR count). The van der Waals surface area contributed by atoms with Crippen LogP contribution in [0.15, 0.2) is 0 Å². The van der Waals surface area contributed by atoms with Crippen molar-refractivity contribution >= 4 is 0 Å². The minimum Gasteiger partial charge on any atom is -0.396 e. The Labute approximate surface area is 62.8 Å². The third-order valence-electron chi connectivity index (χ3n) is 2.69. The molecule has 2 atom stereocenters. The SMILES string of the molecule is CCN1CCC(CO)C1C. The van der Waals surface area contributed by atoms with Crippen LogP contribution in [0.3, 0.4) is 0 Å². The Balaban J connectivity index is 2.41. The first kappa shape index (κ1) is 8.02. The molecular weight excluding hydrogens is 126 g/mol. The Morgan fingerprint density at radius 2 is 2.30 bits per heavy atom. The number of likely N-dealkylation sites (tertiary alicyclic amines) is 1. The molecule has 1 N–H and O–H groups in total. The van der Waals surface area contributed by atoms with Gasteiger partial charge in [-0.15, -0.1) is 0 Å². The van der Waals surface area contributed by atoms with Crippen LogP contribution in [0, 0.1) is 5.92 Å². The highest BCUT2D eigenvalue weighted by Gasteiger charge is 2.28. The minimum atomic E-state index is 0.359. The summed E-state index contributed by atoms with van der Waals surface area (Å²) >= 11 is 0. The molecule has 0 amide bonds. The van der Waals surface area contributed by atoms with Gasteiger partial charge in [0.15, 0.2) is 0 Å². The average molecular weight is 143 g/mol. The molecule has 1 aliphatic heterocycles. The molecule has 10 heavy (non-hydrogen) atoms. The number of hydrogen-bond acceptors (Lipinski definition) is 2. The molecule has 0 bridgehead atoms. The normalized spacial score (nSPS) is 35.1. The third-order valence-corrected chi connectivity index (χ3v) is 2.69. The molecule has 0 aromatic carbocycles. The summed E-state index contributed by atoms with van der Waals surface area (Å²) in [7, 11) is 0. The molecule has 0 aromatic rings.